The minimum absolute atomic E-state index is 0.479. The molecule has 3 heterocycles. The Morgan fingerprint density at radius 3 is 1.74 bits per heavy atom. The molecule has 0 saturated carbocycles. The van der Waals surface area contributed by atoms with Gasteiger partial charge < -0.3 is 0 Å². The van der Waals surface area contributed by atoms with E-state index in [2.05, 4.69) is 91.7 Å². The zero-order chi connectivity index (χ0) is 28.5. The summed E-state index contributed by atoms with van der Waals surface area (Å²) >= 11 is 0. The summed E-state index contributed by atoms with van der Waals surface area (Å²) in [5.74, 6) is 0. The third kappa shape index (κ3) is 4.30. The lowest BCUT2D eigenvalue weighted by Gasteiger charge is -2.17. The third-order valence-corrected chi connectivity index (χ3v) is 7.38. The second kappa shape index (κ2) is 10.4. The third-order valence-electron chi connectivity index (χ3n) is 7.38. The summed E-state index contributed by atoms with van der Waals surface area (Å²) in [6.45, 7) is 7.31. The number of nitriles is 1. The predicted molar refractivity (Wildman–Crippen MR) is 165 cm³/mol. The first-order valence-corrected chi connectivity index (χ1v) is 13.3. The molecule has 0 spiro atoms. The largest absolute Gasteiger partial charge is 0.276 e. The molecule has 0 saturated heterocycles. The van der Waals surface area contributed by atoms with Crippen molar-refractivity contribution < 1.29 is 0 Å². The van der Waals surface area contributed by atoms with Gasteiger partial charge in [0.05, 0.1) is 23.5 Å². The maximum atomic E-state index is 9.25. The molecular formula is C36H20N6. The smallest absolute Gasteiger partial charge is 0.205 e. The minimum Gasteiger partial charge on any atom is -0.276 e. The highest BCUT2D eigenvalue weighted by Gasteiger charge is 2.18. The Morgan fingerprint density at radius 2 is 1.12 bits per heavy atom. The molecule has 0 aliphatic carbocycles. The topological polar surface area (TPSA) is 79.7 Å². The Morgan fingerprint density at radius 1 is 0.548 bits per heavy atom. The molecule has 3 aromatic heterocycles. The fourth-order valence-electron chi connectivity index (χ4n) is 5.45. The maximum absolute atomic E-state index is 9.25. The van der Waals surface area contributed by atoms with Gasteiger partial charge in [0.25, 0.3) is 0 Å². The van der Waals surface area contributed by atoms with Crippen molar-refractivity contribution in [1.82, 2.24) is 20.2 Å². The number of pyridine rings is 2. The fraction of sp³-hybridized carbons (Fsp3) is 0. The van der Waals surface area contributed by atoms with E-state index in [0.717, 1.165) is 60.6 Å². The normalized spacial score (nSPS) is 10.8. The van der Waals surface area contributed by atoms with Crippen LogP contribution in [-0.2, 0) is 0 Å². The number of rotatable bonds is 4. The maximum Gasteiger partial charge on any atom is 0.205 e. The van der Waals surface area contributed by atoms with Crippen molar-refractivity contribution in [1.29, 1.82) is 5.26 Å². The van der Waals surface area contributed by atoms with Crippen LogP contribution in [0.5, 0.6) is 0 Å². The van der Waals surface area contributed by atoms with E-state index in [0.29, 0.717) is 16.9 Å². The van der Waals surface area contributed by atoms with Crippen LogP contribution in [0.1, 0.15) is 5.56 Å². The van der Waals surface area contributed by atoms with Crippen LogP contribution in [0.2, 0.25) is 0 Å². The van der Waals surface area contributed by atoms with Crippen molar-refractivity contribution in [3.8, 4) is 50.8 Å². The molecule has 0 unspecified atom stereocenters. The van der Waals surface area contributed by atoms with Crippen LogP contribution < -0.4 is 0 Å². The van der Waals surface area contributed by atoms with Crippen LogP contribution in [0.15, 0.2) is 122 Å². The van der Waals surface area contributed by atoms with Crippen LogP contribution in [0.3, 0.4) is 0 Å². The van der Waals surface area contributed by atoms with Crippen molar-refractivity contribution in [3.05, 3.63) is 139 Å². The Labute approximate surface area is 242 Å². The van der Waals surface area contributed by atoms with E-state index in [-0.39, 0.29) is 0 Å². The first-order chi connectivity index (χ1) is 20.7. The minimum atomic E-state index is 0.479. The van der Waals surface area contributed by atoms with Crippen LogP contribution in [0.4, 0.5) is 5.69 Å². The second-order valence-electron chi connectivity index (χ2n) is 9.84. The summed E-state index contributed by atoms with van der Waals surface area (Å²) in [7, 11) is 0. The van der Waals surface area contributed by atoms with E-state index in [1.807, 2.05) is 30.3 Å². The van der Waals surface area contributed by atoms with Gasteiger partial charge in [0.1, 0.15) is 6.07 Å². The van der Waals surface area contributed by atoms with E-state index in [1.54, 1.807) is 24.7 Å². The second-order valence-corrected chi connectivity index (χ2v) is 9.84. The van der Waals surface area contributed by atoms with Crippen molar-refractivity contribution in [2.75, 3.05) is 0 Å². The Hall–Kier alpha value is -6.24. The van der Waals surface area contributed by atoms with Gasteiger partial charge in [-0.15, -0.1) is 10.2 Å². The number of nitrogens with zero attached hydrogens (tertiary/aromatic N) is 6. The van der Waals surface area contributed by atoms with Crippen molar-refractivity contribution in [3.63, 3.8) is 0 Å². The zero-order valence-electron chi connectivity index (χ0n) is 22.2. The van der Waals surface area contributed by atoms with Crippen LogP contribution >= 0.6 is 0 Å². The highest BCUT2D eigenvalue weighted by Crippen LogP contribution is 2.43. The van der Waals surface area contributed by atoms with E-state index < -0.39 is 0 Å². The van der Waals surface area contributed by atoms with Gasteiger partial charge in [0.15, 0.2) is 0 Å². The summed E-state index contributed by atoms with van der Waals surface area (Å²) in [5, 5.41) is 22.8. The fourth-order valence-corrected chi connectivity index (χ4v) is 5.45. The highest BCUT2D eigenvalue weighted by molar-refractivity contribution is 6.21. The molecule has 194 valence electrons. The van der Waals surface area contributed by atoms with Gasteiger partial charge in [-0.2, -0.15) is 5.26 Å². The Kier molecular flexibility index (Phi) is 6.13. The molecular weight excluding hydrogens is 516 g/mol. The van der Waals surface area contributed by atoms with Crippen molar-refractivity contribution >= 4 is 27.2 Å². The van der Waals surface area contributed by atoms with Crippen molar-refractivity contribution in [2.45, 2.75) is 0 Å². The SMILES string of the molecule is [C-]#[N+]c1cncc(-c2ccc(-c3c4ccccc4c(-c4ccc(-c5cncc(C#N)c5)nn4)c4ccccc34)cc2)c1. The molecule has 6 heteroatoms. The van der Waals surface area contributed by atoms with Gasteiger partial charge >= 0.3 is 0 Å². The van der Waals surface area contributed by atoms with Crippen LogP contribution in [0.25, 0.3) is 71.2 Å². The van der Waals surface area contributed by atoms with Gasteiger partial charge in [-0.05, 0) is 68.1 Å². The molecule has 0 fully saturated rings. The molecule has 0 aliphatic heterocycles. The standard InChI is InChI=1S/C36H20N6/c1-38-28-17-26(20-40-22-28)24-10-12-25(13-11-24)35-29-6-2-4-8-31(29)36(32-9-5-3-7-30(32)35)34-15-14-33(41-42-34)27-16-23(18-37)19-39-21-27/h2-17,19-22H. The predicted octanol–water partition coefficient (Wildman–Crippen LogP) is 8.66. The first-order valence-electron chi connectivity index (χ1n) is 13.3. The summed E-state index contributed by atoms with van der Waals surface area (Å²) in [4.78, 5) is 11.9. The molecule has 4 aromatic carbocycles. The van der Waals surface area contributed by atoms with Crippen LogP contribution in [-0.4, -0.2) is 20.2 Å². The van der Waals surface area contributed by atoms with Gasteiger partial charge in [-0.25, -0.2) is 4.85 Å². The summed E-state index contributed by atoms with van der Waals surface area (Å²) in [6, 6.07) is 34.9. The number of aromatic nitrogens is 4. The molecule has 0 bridgehead atoms. The first kappa shape index (κ1) is 24.8. The lowest BCUT2D eigenvalue weighted by Crippen LogP contribution is -1.95. The molecule has 6 nitrogen and oxygen atoms in total. The van der Waals surface area contributed by atoms with E-state index in [1.165, 1.54) is 6.20 Å². The number of benzene rings is 4. The molecule has 0 radical (unpaired) electrons. The summed E-state index contributed by atoms with van der Waals surface area (Å²) in [5.41, 5.74) is 8.36. The molecule has 7 rings (SSSR count). The zero-order valence-corrected chi connectivity index (χ0v) is 22.2. The lowest BCUT2D eigenvalue weighted by molar-refractivity contribution is 1.04. The molecule has 0 atom stereocenters. The average Bonchev–Trinajstić information content (AvgIpc) is 3.07. The quantitative estimate of drug-likeness (QED) is 0.166. The van der Waals surface area contributed by atoms with Gasteiger partial charge in [0.2, 0.25) is 5.69 Å². The van der Waals surface area contributed by atoms with Gasteiger partial charge in [-0.1, -0.05) is 72.8 Å². The highest BCUT2D eigenvalue weighted by atomic mass is 15.1. The van der Waals surface area contributed by atoms with Gasteiger partial charge in [0, 0.05) is 35.9 Å². The molecule has 7 aromatic rings. The molecule has 0 N–H and O–H groups in total. The van der Waals surface area contributed by atoms with E-state index >= 15 is 0 Å². The van der Waals surface area contributed by atoms with E-state index in [4.69, 9.17) is 6.57 Å². The summed E-state index contributed by atoms with van der Waals surface area (Å²) in [6.07, 6.45) is 6.58. The molecule has 0 aliphatic rings. The molecule has 0 amide bonds. The van der Waals surface area contributed by atoms with Gasteiger partial charge in [-0.3, -0.25) is 9.97 Å². The number of hydrogen-bond donors (Lipinski definition) is 0. The van der Waals surface area contributed by atoms with E-state index in [9.17, 15) is 5.26 Å². The monoisotopic (exact) mass is 536 g/mol. The number of hydrogen-bond acceptors (Lipinski definition) is 5. The average molecular weight is 537 g/mol. The van der Waals surface area contributed by atoms with Crippen molar-refractivity contribution in [2.24, 2.45) is 0 Å². The Balaban J connectivity index is 1.38. The lowest BCUT2D eigenvalue weighted by atomic mass is 9.87. The number of fused-ring (bicyclic) bond motifs is 2. The summed E-state index contributed by atoms with van der Waals surface area (Å²) < 4.78 is 0. The Bertz CT molecular complexity index is 1990. The molecule has 42 heavy (non-hydrogen) atoms. The van der Waals surface area contributed by atoms with Crippen LogP contribution in [0, 0.1) is 17.9 Å².